The number of carbonyl (C=O) groups excluding carboxylic acids is 2. The number of rotatable bonds is 3. The first-order valence-corrected chi connectivity index (χ1v) is 10.6. The van der Waals surface area contributed by atoms with E-state index in [-0.39, 0.29) is 22.5 Å². The lowest BCUT2D eigenvalue weighted by Crippen LogP contribution is -2.43. The van der Waals surface area contributed by atoms with E-state index in [1.807, 2.05) is 13.0 Å². The highest BCUT2D eigenvalue weighted by molar-refractivity contribution is 6.10. The number of nitrogens with zero attached hydrogens (tertiary/aromatic N) is 1. The van der Waals surface area contributed by atoms with Gasteiger partial charge in [0.15, 0.2) is 0 Å². The van der Waals surface area contributed by atoms with E-state index in [9.17, 15) is 9.59 Å². The first-order valence-electron chi connectivity index (χ1n) is 10.6. The van der Waals surface area contributed by atoms with Gasteiger partial charge in [-0.25, -0.2) is 0 Å². The number of amides is 1. The molecule has 2 bridgehead atoms. The predicted molar refractivity (Wildman–Crippen MR) is 117 cm³/mol. The predicted octanol–water partition coefficient (Wildman–Crippen LogP) is 5.54. The highest BCUT2D eigenvalue weighted by Gasteiger charge is 2.72. The second-order valence-corrected chi connectivity index (χ2v) is 9.59. The highest BCUT2D eigenvalue weighted by atomic mass is 16.2. The van der Waals surface area contributed by atoms with Gasteiger partial charge in [-0.3, -0.25) is 9.59 Å². The van der Waals surface area contributed by atoms with Crippen LogP contribution in [0.3, 0.4) is 0 Å². The molecular weight excluding hydrogens is 360 g/mol. The van der Waals surface area contributed by atoms with Crippen LogP contribution in [0.5, 0.6) is 0 Å². The normalized spacial score (nSPS) is 27.8. The second-order valence-electron chi connectivity index (χ2n) is 9.59. The minimum absolute atomic E-state index is 0.00402. The Morgan fingerprint density at radius 2 is 1.76 bits per heavy atom. The summed E-state index contributed by atoms with van der Waals surface area (Å²) in [5.41, 5.74) is 1.87. The van der Waals surface area contributed by atoms with E-state index >= 15 is 0 Å². The van der Waals surface area contributed by atoms with E-state index in [2.05, 4.69) is 67.1 Å². The van der Waals surface area contributed by atoms with E-state index in [1.165, 1.54) is 16.4 Å². The number of hydrogen-bond acceptors (Lipinski definition) is 2. The molecule has 2 atom stereocenters. The maximum atomic E-state index is 13.5. The van der Waals surface area contributed by atoms with Gasteiger partial charge in [-0.15, -0.1) is 0 Å². The molecule has 5 rings (SSSR count). The van der Waals surface area contributed by atoms with Crippen molar-refractivity contribution in [2.24, 2.45) is 16.2 Å². The van der Waals surface area contributed by atoms with Crippen molar-refractivity contribution in [2.45, 2.75) is 53.5 Å². The summed E-state index contributed by atoms with van der Waals surface area (Å²) in [6.45, 7) is 9.29. The Kier molecular flexibility index (Phi) is 3.63. The molecule has 0 aliphatic heterocycles. The molecule has 0 radical (unpaired) electrons. The number of benzene rings is 2. The van der Waals surface area contributed by atoms with Gasteiger partial charge in [-0.05, 0) is 49.4 Å². The Bertz CT molecular complexity index is 1190. The third-order valence-electron chi connectivity index (χ3n) is 8.49. The van der Waals surface area contributed by atoms with Gasteiger partial charge >= 0.3 is 0 Å². The lowest BCUT2D eigenvalue weighted by atomic mass is 9.64. The standard InChI is InChI=1S/C25H28N2O2/c1-5-27-19-9-7-6-8-17(19)18-14-16(10-11-20(18)27)26-22(29)25-13-12-24(4,21(28)15-25)23(25,2)3/h6-11,14H,5,12-13,15H2,1-4H3,(H,26,29)/t24-,25-/m1/s1. The molecule has 2 aliphatic carbocycles. The van der Waals surface area contributed by atoms with Crippen LogP contribution >= 0.6 is 0 Å². The van der Waals surface area contributed by atoms with Crippen molar-refractivity contribution in [2.75, 3.05) is 5.32 Å². The maximum Gasteiger partial charge on any atom is 0.231 e. The van der Waals surface area contributed by atoms with Crippen molar-refractivity contribution in [3.05, 3.63) is 42.5 Å². The summed E-state index contributed by atoms with van der Waals surface area (Å²) in [5.74, 6) is 0.237. The quantitative estimate of drug-likeness (QED) is 0.640. The number of hydrogen-bond donors (Lipinski definition) is 1. The molecular formula is C25H28N2O2. The van der Waals surface area contributed by atoms with Gasteiger partial charge in [0.05, 0.1) is 5.41 Å². The summed E-state index contributed by atoms with van der Waals surface area (Å²) in [5, 5.41) is 5.53. The van der Waals surface area contributed by atoms with Gasteiger partial charge in [0.2, 0.25) is 5.91 Å². The van der Waals surface area contributed by atoms with Crippen LogP contribution in [0.25, 0.3) is 21.8 Å². The lowest BCUT2D eigenvalue weighted by Gasteiger charge is -2.38. The molecule has 0 spiro atoms. The minimum Gasteiger partial charge on any atom is -0.341 e. The Morgan fingerprint density at radius 1 is 1.03 bits per heavy atom. The number of ketones is 1. The van der Waals surface area contributed by atoms with Crippen LogP contribution in [0.1, 0.15) is 47.0 Å². The number of Topliss-reactive ketones (excluding diaryl/α,β-unsaturated/α-hetero) is 1. The number of aromatic nitrogens is 1. The van der Waals surface area contributed by atoms with Crippen LogP contribution < -0.4 is 5.32 Å². The fourth-order valence-electron chi connectivity index (χ4n) is 6.08. The molecule has 29 heavy (non-hydrogen) atoms. The molecule has 2 aliphatic rings. The fraction of sp³-hybridized carbons (Fsp3) is 0.440. The van der Waals surface area contributed by atoms with E-state index < -0.39 is 5.41 Å². The van der Waals surface area contributed by atoms with Crippen molar-refractivity contribution in [3.8, 4) is 0 Å². The smallest absolute Gasteiger partial charge is 0.231 e. The third-order valence-corrected chi connectivity index (χ3v) is 8.49. The van der Waals surface area contributed by atoms with Gasteiger partial charge in [-0.1, -0.05) is 39.0 Å². The molecule has 4 nitrogen and oxygen atoms in total. The van der Waals surface area contributed by atoms with Crippen molar-refractivity contribution in [3.63, 3.8) is 0 Å². The number of fused-ring (bicyclic) bond motifs is 5. The van der Waals surface area contributed by atoms with Crippen LogP contribution in [0.4, 0.5) is 5.69 Å². The van der Waals surface area contributed by atoms with E-state index in [0.717, 1.165) is 30.5 Å². The van der Waals surface area contributed by atoms with Crippen molar-refractivity contribution >= 4 is 39.2 Å². The number of nitrogens with one attached hydrogen (secondary N) is 1. The number of para-hydroxylation sites is 1. The lowest BCUT2D eigenvalue weighted by molar-refractivity contribution is -0.131. The summed E-state index contributed by atoms with van der Waals surface area (Å²) in [7, 11) is 0. The molecule has 2 saturated carbocycles. The molecule has 2 aromatic carbocycles. The summed E-state index contributed by atoms with van der Waals surface area (Å²) in [4.78, 5) is 26.2. The number of carbonyl (C=O) groups is 2. The fourth-order valence-corrected chi connectivity index (χ4v) is 6.08. The molecule has 1 amide bonds. The first kappa shape index (κ1) is 18.4. The van der Waals surface area contributed by atoms with E-state index in [4.69, 9.17) is 0 Å². The highest BCUT2D eigenvalue weighted by Crippen LogP contribution is 2.70. The number of anilines is 1. The summed E-state index contributed by atoms with van der Waals surface area (Å²) in [6.07, 6.45) is 1.94. The summed E-state index contributed by atoms with van der Waals surface area (Å²) >= 11 is 0. The molecule has 1 N–H and O–H groups in total. The topological polar surface area (TPSA) is 51.1 Å². The molecule has 3 aromatic rings. The molecule has 4 heteroatoms. The van der Waals surface area contributed by atoms with Crippen LogP contribution in [-0.2, 0) is 16.1 Å². The maximum absolute atomic E-state index is 13.5. The molecule has 1 aromatic heterocycles. The van der Waals surface area contributed by atoms with Gasteiger partial charge in [0, 0.05) is 45.9 Å². The monoisotopic (exact) mass is 388 g/mol. The molecule has 0 unspecified atom stereocenters. The average molecular weight is 389 g/mol. The zero-order valence-electron chi connectivity index (χ0n) is 17.6. The Balaban J connectivity index is 1.55. The van der Waals surface area contributed by atoms with Crippen LogP contribution in [0.15, 0.2) is 42.5 Å². The summed E-state index contributed by atoms with van der Waals surface area (Å²) < 4.78 is 2.30. The molecule has 0 saturated heterocycles. The minimum atomic E-state index is -0.606. The summed E-state index contributed by atoms with van der Waals surface area (Å²) in [6, 6.07) is 14.5. The largest absolute Gasteiger partial charge is 0.341 e. The van der Waals surface area contributed by atoms with Gasteiger partial charge in [-0.2, -0.15) is 0 Å². The van der Waals surface area contributed by atoms with Crippen LogP contribution in [0.2, 0.25) is 0 Å². The first-order chi connectivity index (χ1) is 13.7. The Hall–Kier alpha value is -2.62. The van der Waals surface area contributed by atoms with Gasteiger partial charge in [0.1, 0.15) is 5.78 Å². The second kappa shape index (κ2) is 5.71. The molecule has 1 heterocycles. The average Bonchev–Trinajstić information content (AvgIpc) is 3.18. The van der Waals surface area contributed by atoms with E-state index in [0.29, 0.717) is 6.42 Å². The van der Waals surface area contributed by atoms with Gasteiger partial charge < -0.3 is 9.88 Å². The number of aryl methyl sites for hydroxylation is 1. The Labute approximate surface area is 171 Å². The van der Waals surface area contributed by atoms with Crippen LogP contribution in [-0.4, -0.2) is 16.3 Å². The van der Waals surface area contributed by atoms with Crippen molar-refractivity contribution in [1.29, 1.82) is 0 Å². The SMILES string of the molecule is CCn1c2ccccc2c2cc(NC(=O)[C@@]34CC[C@](C)(C(=O)C3)C4(C)C)ccc21. The Morgan fingerprint density at radius 3 is 2.41 bits per heavy atom. The zero-order chi connectivity index (χ0) is 20.6. The molecule has 2 fully saturated rings. The van der Waals surface area contributed by atoms with Crippen molar-refractivity contribution < 1.29 is 9.59 Å². The molecule has 150 valence electrons. The van der Waals surface area contributed by atoms with E-state index in [1.54, 1.807) is 0 Å². The van der Waals surface area contributed by atoms with Gasteiger partial charge in [0.25, 0.3) is 0 Å². The van der Waals surface area contributed by atoms with Crippen LogP contribution in [0, 0.1) is 16.2 Å². The zero-order valence-corrected chi connectivity index (χ0v) is 17.6. The third kappa shape index (κ3) is 2.09. The van der Waals surface area contributed by atoms with Crippen molar-refractivity contribution in [1.82, 2.24) is 4.57 Å².